The molecule has 0 radical (unpaired) electrons. The minimum Gasteiger partial charge on any atom is -0.504 e. The van der Waals surface area contributed by atoms with E-state index in [2.05, 4.69) is 42.4 Å². The molecule has 7 nitrogen and oxygen atoms in total. The average Bonchev–Trinajstić information content (AvgIpc) is 2.83. The zero-order valence-corrected chi connectivity index (χ0v) is 22.6. The quantitative estimate of drug-likeness (QED) is 0.230. The minimum absolute atomic E-state index is 0.0954. The van der Waals surface area contributed by atoms with Crippen molar-refractivity contribution in [3.8, 4) is 5.75 Å². The Morgan fingerprint density at radius 3 is 2.26 bits per heavy atom. The summed E-state index contributed by atoms with van der Waals surface area (Å²) in [6.07, 6.45) is 2.79. The molecule has 8 heteroatoms. The van der Waals surface area contributed by atoms with Crippen LogP contribution in [0.3, 0.4) is 0 Å². The van der Waals surface area contributed by atoms with E-state index in [1.807, 2.05) is 26.0 Å². The standard InChI is InChI=1S/C27H39ClN4O3/c1-7-11-15-29-27(35)32(22-14-13-20(16-18(22)5)31(9-3)10-4)23-17-21(30-24(33)12-8-2)26(34)25(28)19(23)6/h13-14,16-17,34H,7-12,15H2,1-6H3,(H,29,35)(H,30,33). The summed E-state index contributed by atoms with van der Waals surface area (Å²) < 4.78 is 0. The molecule has 192 valence electrons. The highest BCUT2D eigenvalue weighted by atomic mass is 35.5. The molecule has 0 saturated heterocycles. The summed E-state index contributed by atoms with van der Waals surface area (Å²) >= 11 is 6.49. The van der Waals surface area contributed by atoms with Crippen LogP contribution in [-0.2, 0) is 4.79 Å². The van der Waals surface area contributed by atoms with Crippen molar-refractivity contribution in [3.63, 3.8) is 0 Å². The predicted octanol–water partition coefficient (Wildman–Crippen LogP) is 6.90. The second kappa shape index (κ2) is 13.2. The van der Waals surface area contributed by atoms with Gasteiger partial charge in [-0.2, -0.15) is 0 Å². The number of aromatic hydroxyl groups is 1. The molecule has 0 saturated carbocycles. The normalized spacial score (nSPS) is 10.7. The van der Waals surface area contributed by atoms with E-state index in [0.29, 0.717) is 36.3 Å². The summed E-state index contributed by atoms with van der Waals surface area (Å²) in [5, 5.41) is 16.4. The fraction of sp³-hybridized carbons (Fsp3) is 0.481. The van der Waals surface area contributed by atoms with Gasteiger partial charge in [0.05, 0.1) is 22.1 Å². The number of rotatable bonds is 11. The molecular weight excluding hydrogens is 464 g/mol. The van der Waals surface area contributed by atoms with Gasteiger partial charge in [-0.15, -0.1) is 0 Å². The van der Waals surface area contributed by atoms with Crippen LogP contribution >= 0.6 is 11.6 Å². The maximum atomic E-state index is 13.5. The Bertz CT molecular complexity index is 1040. The molecule has 0 aromatic heterocycles. The van der Waals surface area contributed by atoms with Gasteiger partial charge >= 0.3 is 6.03 Å². The smallest absolute Gasteiger partial charge is 0.326 e. The summed E-state index contributed by atoms with van der Waals surface area (Å²) in [4.78, 5) is 29.6. The molecule has 2 aromatic rings. The SMILES string of the molecule is CCCCNC(=O)N(c1ccc(N(CC)CC)cc1C)c1cc(NC(=O)CCC)c(O)c(Cl)c1C. The number of nitrogens with zero attached hydrogens (tertiary/aromatic N) is 2. The van der Waals surface area contributed by atoms with Crippen molar-refractivity contribution >= 4 is 46.3 Å². The van der Waals surface area contributed by atoms with E-state index in [-0.39, 0.29) is 28.4 Å². The molecule has 3 N–H and O–H groups in total. The fourth-order valence-corrected chi connectivity index (χ4v) is 4.16. The third-order valence-electron chi connectivity index (χ3n) is 6.01. The largest absolute Gasteiger partial charge is 0.504 e. The Kier molecular flexibility index (Phi) is 10.7. The molecule has 2 rings (SSSR count). The first-order valence-electron chi connectivity index (χ1n) is 12.4. The van der Waals surface area contributed by atoms with E-state index in [4.69, 9.17) is 11.6 Å². The number of carbonyl (C=O) groups is 2. The lowest BCUT2D eigenvalue weighted by atomic mass is 10.1. The number of aryl methyl sites for hydroxylation is 1. The number of benzene rings is 2. The molecule has 0 aliphatic heterocycles. The van der Waals surface area contributed by atoms with Gasteiger partial charge in [-0.1, -0.05) is 31.9 Å². The first-order chi connectivity index (χ1) is 16.7. The van der Waals surface area contributed by atoms with Crippen molar-refractivity contribution in [1.82, 2.24) is 5.32 Å². The van der Waals surface area contributed by atoms with Gasteiger partial charge in [0.25, 0.3) is 0 Å². The third-order valence-corrected chi connectivity index (χ3v) is 6.47. The second-order valence-corrected chi connectivity index (χ2v) is 8.97. The Balaban J connectivity index is 2.65. The monoisotopic (exact) mass is 502 g/mol. The van der Waals surface area contributed by atoms with Gasteiger partial charge in [0, 0.05) is 31.7 Å². The van der Waals surface area contributed by atoms with Crippen LogP contribution < -0.4 is 20.4 Å². The van der Waals surface area contributed by atoms with E-state index in [9.17, 15) is 14.7 Å². The number of hydrogen-bond acceptors (Lipinski definition) is 4. The van der Waals surface area contributed by atoms with Crippen molar-refractivity contribution in [2.45, 2.75) is 67.2 Å². The number of carbonyl (C=O) groups excluding carboxylic acids is 2. The van der Waals surface area contributed by atoms with Gasteiger partial charge in [-0.25, -0.2) is 4.79 Å². The van der Waals surface area contributed by atoms with Crippen LogP contribution in [0.4, 0.5) is 27.5 Å². The second-order valence-electron chi connectivity index (χ2n) is 8.59. The van der Waals surface area contributed by atoms with Crippen LogP contribution in [0.5, 0.6) is 5.75 Å². The van der Waals surface area contributed by atoms with Crippen molar-refractivity contribution in [1.29, 1.82) is 0 Å². The number of hydrogen-bond donors (Lipinski definition) is 3. The zero-order valence-electron chi connectivity index (χ0n) is 21.8. The Morgan fingerprint density at radius 1 is 1.00 bits per heavy atom. The van der Waals surface area contributed by atoms with Crippen molar-refractivity contribution in [3.05, 3.63) is 40.4 Å². The topological polar surface area (TPSA) is 84.9 Å². The number of phenolic OH excluding ortho intramolecular Hbond substituents is 1. The first kappa shape index (κ1) is 28.3. The summed E-state index contributed by atoms with van der Waals surface area (Å²) in [7, 11) is 0. The van der Waals surface area contributed by atoms with E-state index >= 15 is 0 Å². The lowest BCUT2D eigenvalue weighted by Crippen LogP contribution is -2.38. The Hall–Kier alpha value is -2.93. The van der Waals surface area contributed by atoms with Crippen LogP contribution in [0.15, 0.2) is 24.3 Å². The van der Waals surface area contributed by atoms with Crippen LogP contribution in [-0.4, -0.2) is 36.7 Å². The summed E-state index contributed by atoms with van der Waals surface area (Å²) in [6.45, 7) is 14.2. The molecule has 3 amide bonds. The predicted molar refractivity (Wildman–Crippen MR) is 147 cm³/mol. The van der Waals surface area contributed by atoms with E-state index in [1.54, 1.807) is 17.9 Å². The highest BCUT2D eigenvalue weighted by Gasteiger charge is 2.26. The van der Waals surface area contributed by atoms with Gasteiger partial charge in [-0.3, -0.25) is 9.69 Å². The number of halogens is 1. The van der Waals surface area contributed by atoms with Gasteiger partial charge in [-0.05, 0) is 75.9 Å². The summed E-state index contributed by atoms with van der Waals surface area (Å²) in [5.41, 5.74) is 3.90. The molecule has 0 spiro atoms. The molecule has 0 fully saturated rings. The van der Waals surface area contributed by atoms with Crippen LogP contribution in [0, 0.1) is 13.8 Å². The highest BCUT2D eigenvalue weighted by Crippen LogP contribution is 2.43. The summed E-state index contributed by atoms with van der Waals surface area (Å²) in [6, 6.07) is 7.31. The molecule has 0 bridgehead atoms. The molecule has 35 heavy (non-hydrogen) atoms. The van der Waals surface area contributed by atoms with Gasteiger partial charge in [0.2, 0.25) is 5.91 Å². The number of anilines is 4. The molecule has 0 unspecified atom stereocenters. The van der Waals surface area contributed by atoms with Crippen molar-refractivity contribution in [2.24, 2.45) is 0 Å². The van der Waals surface area contributed by atoms with Crippen molar-refractivity contribution < 1.29 is 14.7 Å². The van der Waals surface area contributed by atoms with E-state index < -0.39 is 0 Å². The van der Waals surface area contributed by atoms with Crippen LogP contribution in [0.25, 0.3) is 0 Å². The van der Waals surface area contributed by atoms with Gasteiger partial charge < -0.3 is 20.6 Å². The van der Waals surface area contributed by atoms with E-state index in [0.717, 1.165) is 37.2 Å². The lowest BCUT2D eigenvalue weighted by Gasteiger charge is -2.29. The molecule has 0 aliphatic carbocycles. The third kappa shape index (κ3) is 6.82. The molecule has 2 aromatic carbocycles. The molecule has 0 aliphatic rings. The first-order valence-corrected chi connectivity index (χ1v) is 12.8. The van der Waals surface area contributed by atoms with Crippen LogP contribution in [0.1, 0.15) is 64.5 Å². The highest BCUT2D eigenvalue weighted by molar-refractivity contribution is 6.34. The van der Waals surface area contributed by atoms with Crippen molar-refractivity contribution in [2.75, 3.05) is 34.8 Å². The molecule has 0 heterocycles. The Morgan fingerprint density at radius 2 is 1.69 bits per heavy atom. The zero-order chi connectivity index (χ0) is 26.1. The van der Waals surface area contributed by atoms with Crippen LogP contribution in [0.2, 0.25) is 5.02 Å². The molecular formula is C27H39ClN4O3. The number of urea groups is 1. The number of nitrogens with one attached hydrogen (secondary N) is 2. The molecule has 0 atom stereocenters. The minimum atomic E-state index is -0.298. The fourth-order valence-electron chi connectivity index (χ4n) is 3.96. The summed E-state index contributed by atoms with van der Waals surface area (Å²) in [5.74, 6) is -0.440. The van der Waals surface area contributed by atoms with Gasteiger partial charge in [0.15, 0.2) is 5.75 Å². The lowest BCUT2D eigenvalue weighted by molar-refractivity contribution is -0.116. The number of phenols is 1. The number of unbranched alkanes of at least 4 members (excludes halogenated alkanes) is 1. The number of amides is 3. The van der Waals surface area contributed by atoms with E-state index in [1.165, 1.54) is 0 Å². The van der Waals surface area contributed by atoms with Gasteiger partial charge in [0.1, 0.15) is 0 Å². The maximum Gasteiger partial charge on any atom is 0.326 e. The average molecular weight is 503 g/mol. The Labute approximate surface area is 214 Å². The maximum absolute atomic E-state index is 13.5.